The fourth-order valence-corrected chi connectivity index (χ4v) is 14.9. The van der Waals surface area contributed by atoms with Gasteiger partial charge >= 0.3 is 0 Å². The van der Waals surface area contributed by atoms with Crippen LogP contribution in [0.1, 0.15) is 49.9 Å². The van der Waals surface area contributed by atoms with E-state index in [-0.39, 0.29) is 10.8 Å². The van der Waals surface area contributed by atoms with Crippen LogP contribution in [-0.2, 0) is 10.8 Å². The molecule has 2 aliphatic rings. The molecule has 2 aliphatic carbocycles. The van der Waals surface area contributed by atoms with E-state index in [0.717, 1.165) is 43.6 Å². The summed E-state index contributed by atoms with van der Waals surface area (Å²) in [5, 5.41) is 9.34. The molecule has 4 nitrogen and oxygen atoms in total. The first-order chi connectivity index (χ1) is 44.1. The summed E-state index contributed by atoms with van der Waals surface area (Å²) in [6.07, 6.45) is 7.13. The van der Waals surface area contributed by atoms with Crippen LogP contribution >= 0.6 is 0 Å². The number of aromatic nitrogens is 4. The third-order valence-corrected chi connectivity index (χ3v) is 19.5. The van der Waals surface area contributed by atoms with Crippen LogP contribution in [0.4, 0.5) is 0 Å². The largest absolute Gasteiger partial charge is 0.252 e. The van der Waals surface area contributed by atoms with E-state index in [1.54, 1.807) is 24.8 Å². The van der Waals surface area contributed by atoms with Crippen LogP contribution in [-0.4, -0.2) is 19.9 Å². The van der Waals surface area contributed by atoms with Gasteiger partial charge in [-0.15, -0.1) is 0 Å². The van der Waals surface area contributed by atoms with Crippen molar-refractivity contribution >= 4 is 65.2 Å². The Bertz CT molecular complexity index is 5220. The summed E-state index contributed by atoms with van der Waals surface area (Å²) in [5.74, 6) is 0. The summed E-state index contributed by atoms with van der Waals surface area (Å²) >= 11 is 0. The zero-order chi connectivity index (χ0) is 60.2. The smallest absolute Gasteiger partial charge is 0.0971 e. The maximum atomic E-state index is 4.78. The van der Waals surface area contributed by atoms with Crippen LogP contribution in [0.25, 0.3) is 154 Å². The van der Waals surface area contributed by atoms with E-state index < -0.39 is 0 Å². The SMILES string of the molecule is CC1(C)c2ccccc2-c2ccc(-c3cccc(-c4cccc(-c5ccc6c(c5)c5ccccc5c5nccnc65)c4)c3)cc21.CC1(C)c2ccccc2-c2ccc(-c3cccc(-c4cccc(-c5ccc6c7ccccc7c7nccnc7c6c5)c4)c3)cc21. The molecule has 0 spiro atoms. The van der Waals surface area contributed by atoms with Crippen LogP contribution < -0.4 is 0 Å². The van der Waals surface area contributed by atoms with Gasteiger partial charge in [-0.3, -0.25) is 19.9 Å². The molecule has 18 rings (SSSR count). The number of benzene rings is 14. The number of rotatable bonds is 6. The quantitative estimate of drug-likeness (QED) is 0.156. The van der Waals surface area contributed by atoms with Crippen molar-refractivity contribution in [1.82, 2.24) is 19.9 Å². The lowest BCUT2D eigenvalue weighted by molar-refractivity contribution is 0.660. The molecule has 0 radical (unpaired) electrons. The fraction of sp³-hybridized carbons (Fsp3) is 0.0698. The molecule has 0 N–H and O–H groups in total. The maximum Gasteiger partial charge on any atom is 0.0971 e. The first kappa shape index (κ1) is 53.1. The lowest BCUT2D eigenvalue weighted by Crippen LogP contribution is -2.14. The van der Waals surface area contributed by atoms with Gasteiger partial charge in [-0.25, -0.2) is 0 Å². The lowest BCUT2D eigenvalue weighted by atomic mass is 9.81. The molecule has 0 saturated heterocycles. The van der Waals surface area contributed by atoms with Gasteiger partial charge in [-0.1, -0.05) is 246 Å². The first-order valence-corrected chi connectivity index (χ1v) is 31.1. The highest BCUT2D eigenvalue weighted by Gasteiger charge is 2.36. The summed E-state index contributed by atoms with van der Waals surface area (Å²) in [6, 6.07) is 97.8. The van der Waals surface area contributed by atoms with Crippen LogP contribution in [0.15, 0.2) is 292 Å². The summed E-state index contributed by atoms with van der Waals surface area (Å²) in [7, 11) is 0. The van der Waals surface area contributed by atoms with Crippen molar-refractivity contribution in [3.8, 4) is 89.0 Å². The summed E-state index contributed by atoms with van der Waals surface area (Å²) in [4.78, 5) is 18.9. The predicted octanol–water partition coefficient (Wildman–Crippen LogP) is 22.5. The summed E-state index contributed by atoms with van der Waals surface area (Å²) in [5.41, 5.74) is 29.3. The van der Waals surface area contributed by atoms with Gasteiger partial charge in [0.25, 0.3) is 0 Å². The summed E-state index contributed by atoms with van der Waals surface area (Å²) < 4.78 is 0. The van der Waals surface area contributed by atoms with Gasteiger partial charge in [-0.05, 0) is 181 Å². The van der Waals surface area contributed by atoms with Crippen molar-refractivity contribution in [2.24, 2.45) is 0 Å². The highest BCUT2D eigenvalue weighted by Crippen LogP contribution is 2.51. The average molecular weight is 1150 g/mol. The minimum absolute atomic E-state index is 0.0160. The standard InChI is InChI=1S/2C43H30N2/c1-43(2)39-16-6-5-14-34(39)35-19-17-32(26-40(35)43)30-12-8-10-28(24-30)27-9-7-11-29(23-27)31-18-20-37-38(25-31)33-13-3-4-15-36(33)41-42(37)45-22-21-44-41;1-43(2)39-16-6-5-14-35(39)36-20-18-32(26-40(36)43)30-12-8-10-28(24-30)27-9-7-11-29(23-27)31-17-19-34-33-13-3-4-15-37(33)41-42(38(34)25-31)45-22-21-44-41/h2*3-26H,1-2H3. The van der Waals surface area contributed by atoms with E-state index in [2.05, 4.69) is 300 Å². The van der Waals surface area contributed by atoms with Gasteiger partial charge in [0, 0.05) is 57.2 Å². The third-order valence-electron chi connectivity index (χ3n) is 19.5. The Labute approximate surface area is 523 Å². The van der Waals surface area contributed by atoms with Crippen molar-refractivity contribution in [3.05, 3.63) is 314 Å². The van der Waals surface area contributed by atoms with Crippen LogP contribution in [0.3, 0.4) is 0 Å². The predicted molar refractivity (Wildman–Crippen MR) is 377 cm³/mol. The van der Waals surface area contributed by atoms with Crippen LogP contribution in [0.5, 0.6) is 0 Å². The molecule has 0 unspecified atom stereocenters. The third kappa shape index (κ3) is 8.58. The van der Waals surface area contributed by atoms with Crippen LogP contribution in [0.2, 0.25) is 0 Å². The second-order valence-corrected chi connectivity index (χ2v) is 25.3. The average Bonchev–Trinajstić information content (AvgIpc) is 1.87. The molecular weight excluding hydrogens is 1090 g/mol. The number of fused-ring (bicyclic) bond motifs is 18. The minimum Gasteiger partial charge on any atom is -0.252 e. The molecule has 4 heteroatoms. The Morgan fingerprint density at radius 2 is 0.456 bits per heavy atom. The summed E-state index contributed by atoms with van der Waals surface area (Å²) in [6.45, 7) is 9.37. The molecule has 0 amide bonds. The normalized spacial score (nSPS) is 13.3. The minimum atomic E-state index is -0.0169. The number of hydrogen-bond donors (Lipinski definition) is 0. The molecule has 0 bridgehead atoms. The van der Waals surface area contributed by atoms with E-state index in [1.165, 1.54) is 133 Å². The van der Waals surface area contributed by atoms with Gasteiger partial charge < -0.3 is 0 Å². The van der Waals surface area contributed by atoms with Crippen molar-refractivity contribution in [2.45, 2.75) is 38.5 Å². The molecule has 16 aromatic rings. The van der Waals surface area contributed by atoms with Crippen molar-refractivity contribution in [1.29, 1.82) is 0 Å². The Kier molecular flexibility index (Phi) is 12.2. The first-order valence-electron chi connectivity index (χ1n) is 31.1. The molecule has 0 aliphatic heterocycles. The van der Waals surface area contributed by atoms with E-state index >= 15 is 0 Å². The monoisotopic (exact) mass is 1150 g/mol. The number of hydrogen-bond acceptors (Lipinski definition) is 4. The topological polar surface area (TPSA) is 51.6 Å². The number of nitrogens with zero attached hydrogens (tertiary/aromatic N) is 4. The van der Waals surface area contributed by atoms with Crippen molar-refractivity contribution in [3.63, 3.8) is 0 Å². The van der Waals surface area contributed by atoms with E-state index in [9.17, 15) is 0 Å². The molecule has 2 aromatic heterocycles. The van der Waals surface area contributed by atoms with Gasteiger partial charge in [0.2, 0.25) is 0 Å². The molecule has 0 atom stereocenters. The Morgan fingerprint density at radius 3 is 0.867 bits per heavy atom. The van der Waals surface area contributed by atoms with Gasteiger partial charge in [0.1, 0.15) is 0 Å². The molecule has 0 fully saturated rings. The van der Waals surface area contributed by atoms with Crippen molar-refractivity contribution < 1.29 is 0 Å². The fourth-order valence-electron chi connectivity index (χ4n) is 14.9. The zero-order valence-electron chi connectivity index (χ0n) is 50.5. The van der Waals surface area contributed by atoms with E-state index in [4.69, 9.17) is 15.0 Å². The van der Waals surface area contributed by atoms with E-state index in [1.807, 2.05) is 0 Å². The molecule has 0 saturated carbocycles. The van der Waals surface area contributed by atoms with Crippen molar-refractivity contribution in [2.75, 3.05) is 0 Å². The second-order valence-electron chi connectivity index (χ2n) is 25.3. The highest BCUT2D eigenvalue weighted by molar-refractivity contribution is 6.24. The highest BCUT2D eigenvalue weighted by atomic mass is 14.8. The molecule has 2 heterocycles. The molecule has 14 aromatic carbocycles. The zero-order valence-corrected chi connectivity index (χ0v) is 50.5. The lowest BCUT2D eigenvalue weighted by Gasteiger charge is -2.22. The molecule has 90 heavy (non-hydrogen) atoms. The van der Waals surface area contributed by atoms with E-state index in [0.29, 0.717) is 0 Å². The molecule has 424 valence electrons. The van der Waals surface area contributed by atoms with Gasteiger partial charge in [0.15, 0.2) is 0 Å². The Morgan fingerprint density at radius 1 is 0.189 bits per heavy atom. The Balaban J connectivity index is 0.000000139. The van der Waals surface area contributed by atoms with Crippen LogP contribution in [0, 0.1) is 0 Å². The maximum absolute atomic E-state index is 4.78. The Hall–Kier alpha value is -11.2. The molecular formula is C86H60N4. The van der Waals surface area contributed by atoms with Gasteiger partial charge in [-0.2, -0.15) is 0 Å². The van der Waals surface area contributed by atoms with Gasteiger partial charge in [0.05, 0.1) is 22.1 Å². The second kappa shape index (κ2) is 20.7.